The van der Waals surface area contributed by atoms with E-state index in [-0.39, 0.29) is 11.3 Å². The molecule has 0 unspecified atom stereocenters. The zero-order valence-electron chi connectivity index (χ0n) is 5.80. The minimum absolute atomic E-state index is 0.00116. The minimum atomic E-state index is -0.562. The zero-order chi connectivity index (χ0) is 8.27. The fourth-order valence-corrected chi connectivity index (χ4v) is 0.687. The molecule has 0 bridgehead atoms. The van der Waals surface area contributed by atoms with Crippen molar-refractivity contribution in [1.29, 1.82) is 0 Å². The molecule has 1 aromatic rings. The van der Waals surface area contributed by atoms with Gasteiger partial charge in [0.2, 0.25) is 5.28 Å². The molecule has 0 aromatic carbocycles. The van der Waals surface area contributed by atoms with E-state index in [9.17, 15) is 4.79 Å². The van der Waals surface area contributed by atoms with Gasteiger partial charge in [-0.15, -0.1) is 4.98 Å². The molecule has 0 spiro atoms. The number of hydrogen-bond acceptors (Lipinski definition) is 4. The number of nitrogens with one attached hydrogen (secondary N) is 1. The predicted octanol–water partition coefficient (Wildman–Crippen LogP) is 0.217. The van der Waals surface area contributed by atoms with Crippen LogP contribution in [0.3, 0.4) is 0 Å². The van der Waals surface area contributed by atoms with Crippen molar-refractivity contribution >= 4 is 11.6 Å². The van der Waals surface area contributed by atoms with E-state index >= 15 is 0 Å². The van der Waals surface area contributed by atoms with Crippen LogP contribution in [0.1, 0.15) is 6.92 Å². The van der Waals surface area contributed by atoms with Gasteiger partial charge in [0, 0.05) is 0 Å². The summed E-state index contributed by atoms with van der Waals surface area (Å²) in [6, 6.07) is 0.00116. The monoisotopic (exact) mass is 175 g/mol. The van der Waals surface area contributed by atoms with Crippen molar-refractivity contribution < 1.29 is 4.74 Å². The van der Waals surface area contributed by atoms with E-state index in [1.54, 1.807) is 6.92 Å². The predicted molar refractivity (Wildman–Crippen MR) is 38.8 cm³/mol. The molecular formula is C5H6ClN3O2. The summed E-state index contributed by atoms with van der Waals surface area (Å²) in [5, 5.41) is -0.0200. The van der Waals surface area contributed by atoms with Crippen molar-refractivity contribution in [2.24, 2.45) is 0 Å². The molecule has 5 nitrogen and oxygen atoms in total. The first-order chi connectivity index (χ1) is 5.22. The van der Waals surface area contributed by atoms with Crippen LogP contribution in [-0.2, 0) is 0 Å². The van der Waals surface area contributed by atoms with Gasteiger partial charge in [0.25, 0.3) is 0 Å². The molecule has 0 fully saturated rings. The van der Waals surface area contributed by atoms with E-state index in [4.69, 9.17) is 16.3 Å². The maximum Gasteiger partial charge on any atom is 0.351 e. The summed E-state index contributed by atoms with van der Waals surface area (Å²) >= 11 is 5.40. The smallest absolute Gasteiger partial charge is 0.351 e. The zero-order valence-corrected chi connectivity index (χ0v) is 6.55. The highest BCUT2D eigenvalue weighted by Crippen LogP contribution is 2.00. The number of rotatable bonds is 2. The van der Waals surface area contributed by atoms with Crippen molar-refractivity contribution in [1.82, 2.24) is 15.0 Å². The number of aromatic nitrogens is 3. The molecule has 1 rings (SSSR count). The van der Waals surface area contributed by atoms with Crippen molar-refractivity contribution in [2.75, 3.05) is 6.61 Å². The standard InChI is InChI=1S/C5H6ClN3O2/c1-2-11-5-8-3(6)7-4(10)9-5/h2H2,1H3,(H,7,8,9,10). The van der Waals surface area contributed by atoms with E-state index < -0.39 is 5.69 Å². The first kappa shape index (κ1) is 8.00. The van der Waals surface area contributed by atoms with Crippen LogP contribution in [0, 0.1) is 0 Å². The lowest BCUT2D eigenvalue weighted by atomic mass is 10.8. The van der Waals surface area contributed by atoms with Gasteiger partial charge in [-0.3, -0.25) is 4.98 Å². The van der Waals surface area contributed by atoms with Gasteiger partial charge in [0.05, 0.1) is 6.61 Å². The highest BCUT2D eigenvalue weighted by molar-refractivity contribution is 6.28. The number of hydrogen-bond donors (Lipinski definition) is 1. The van der Waals surface area contributed by atoms with Gasteiger partial charge in [-0.05, 0) is 18.5 Å². The van der Waals surface area contributed by atoms with Crippen LogP contribution in [0.4, 0.5) is 0 Å². The van der Waals surface area contributed by atoms with Crippen molar-refractivity contribution in [3.63, 3.8) is 0 Å². The Morgan fingerprint density at radius 2 is 2.36 bits per heavy atom. The maximum atomic E-state index is 10.6. The Hall–Kier alpha value is -1.10. The van der Waals surface area contributed by atoms with Gasteiger partial charge in [-0.25, -0.2) is 4.79 Å². The Balaban J connectivity index is 2.99. The first-order valence-corrected chi connectivity index (χ1v) is 3.37. The van der Waals surface area contributed by atoms with Crippen LogP contribution in [0.15, 0.2) is 4.79 Å². The lowest BCUT2D eigenvalue weighted by Gasteiger charge is -1.97. The SMILES string of the molecule is CCOc1nc(Cl)[nH]c(=O)n1. The van der Waals surface area contributed by atoms with Gasteiger partial charge in [-0.1, -0.05) is 0 Å². The second kappa shape index (κ2) is 3.34. The van der Waals surface area contributed by atoms with E-state index in [1.807, 2.05) is 0 Å². The summed E-state index contributed by atoms with van der Waals surface area (Å²) in [4.78, 5) is 19.8. The molecule has 0 amide bonds. The molecule has 0 saturated heterocycles. The molecule has 60 valence electrons. The Labute approximate surface area is 67.4 Å². The molecular weight excluding hydrogens is 170 g/mol. The third-order valence-corrected chi connectivity index (χ3v) is 1.05. The van der Waals surface area contributed by atoms with Crippen LogP contribution in [0.5, 0.6) is 6.01 Å². The molecule has 0 saturated carbocycles. The highest BCUT2D eigenvalue weighted by atomic mass is 35.5. The van der Waals surface area contributed by atoms with Gasteiger partial charge in [-0.2, -0.15) is 4.98 Å². The van der Waals surface area contributed by atoms with Gasteiger partial charge in [0.15, 0.2) is 0 Å². The molecule has 0 aliphatic heterocycles. The third-order valence-electron chi connectivity index (χ3n) is 0.875. The second-order valence-corrected chi connectivity index (χ2v) is 2.02. The molecule has 0 atom stereocenters. The summed E-state index contributed by atoms with van der Waals surface area (Å²) < 4.78 is 4.84. The van der Waals surface area contributed by atoms with E-state index in [2.05, 4.69) is 15.0 Å². The fraction of sp³-hybridized carbons (Fsp3) is 0.400. The van der Waals surface area contributed by atoms with Gasteiger partial charge < -0.3 is 4.74 Å². The molecule has 0 radical (unpaired) electrons. The fourth-order valence-electron chi connectivity index (χ4n) is 0.534. The molecule has 1 aromatic heterocycles. The van der Waals surface area contributed by atoms with Crippen LogP contribution in [-0.4, -0.2) is 21.6 Å². The second-order valence-electron chi connectivity index (χ2n) is 1.66. The molecule has 1 N–H and O–H groups in total. The molecule has 1 heterocycles. The normalized spacial score (nSPS) is 9.64. The quantitative estimate of drug-likeness (QED) is 0.698. The summed E-state index contributed by atoms with van der Waals surface area (Å²) in [6.07, 6.45) is 0. The van der Waals surface area contributed by atoms with Gasteiger partial charge in [0.1, 0.15) is 0 Å². The van der Waals surface area contributed by atoms with Crippen LogP contribution in [0.25, 0.3) is 0 Å². The highest BCUT2D eigenvalue weighted by Gasteiger charge is 1.99. The number of halogens is 1. The Kier molecular flexibility index (Phi) is 2.43. The van der Waals surface area contributed by atoms with E-state index in [0.29, 0.717) is 6.61 Å². The summed E-state index contributed by atoms with van der Waals surface area (Å²) in [5.41, 5.74) is -0.562. The lowest BCUT2D eigenvalue weighted by Crippen LogP contribution is -2.13. The summed E-state index contributed by atoms with van der Waals surface area (Å²) in [6.45, 7) is 2.16. The van der Waals surface area contributed by atoms with E-state index in [1.165, 1.54) is 0 Å². The molecule has 11 heavy (non-hydrogen) atoms. The summed E-state index contributed by atoms with van der Waals surface area (Å²) in [5.74, 6) is 0. The number of H-pyrrole nitrogens is 1. The molecule has 6 heteroatoms. The number of nitrogens with zero attached hydrogens (tertiary/aromatic N) is 2. The van der Waals surface area contributed by atoms with Crippen molar-refractivity contribution in [3.05, 3.63) is 15.8 Å². The Morgan fingerprint density at radius 1 is 1.64 bits per heavy atom. The maximum absolute atomic E-state index is 10.6. The van der Waals surface area contributed by atoms with Crippen LogP contribution in [0.2, 0.25) is 5.28 Å². The van der Waals surface area contributed by atoms with Crippen LogP contribution >= 0.6 is 11.6 Å². The largest absolute Gasteiger partial charge is 0.464 e. The summed E-state index contributed by atoms with van der Waals surface area (Å²) in [7, 11) is 0. The van der Waals surface area contributed by atoms with Crippen molar-refractivity contribution in [3.8, 4) is 6.01 Å². The first-order valence-electron chi connectivity index (χ1n) is 2.99. The minimum Gasteiger partial charge on any atom is -0.464 e. The number of aromatic amines is 1. The lowest BCUT2D eigenvalue weighted by molar-refractivity contribution is 0.310. The van der Waals surface area contributed by atoms with Gasteiger partial charge >= 0.3 is 11.7 Å². The van der Waals surface area contributed by atoms with E-state index in [0.717, 1.165) is 0 Å². The Morgan fingerprint density at radius 3 is 2.91 bits per heavy atom. The molecule has 0 aliphatic rings. The average molecular weight is 176 g/mol. The Bertz CT molecular complexity index is 298. The third kappa shape index (κ3) is 2.19. The van der Waals surface area contributed by atoms with Crippen molar-refractivity contribution in [2.45, 2.75) is 6.92 Å². The van der Waals surface area contributed by atoms with Crippen LogP contribution < -0.4 is 10.4 Å². The number of ether oxygens (including phenoxy) is 1. The molecule has 0 aliphatic carbocycles. The topological polar surface area (TPSA) is 67.9 Å². The average Bonchev–Trinajstić information content (AvgIpc) is 1.85.